The SMILES string of the molecule is COCC(C)n1c(SCc2ccc(Cl)c(Cl)c2)nc2ccccc2c1=O. The van der Waals surface area contributed by atoms with Crippen LogP contribution in [-0.2, 0) is 10.5 Å². The molecule has 0 spiro atoms. The predicted molar refractivity (Wildman–Crippen MR) is 109 cm³/mol. The number of hydrogen-bond donors (Lipinski definition) is 0. The Balaban J connectivity index is 2.00. The number of benzene rings is 2. The van der Waals surface area contributed by atoms with E-state index in [2.05, 4.69) is 0 Å². The standard InChI is InChI=1S/C19H18Cl2N2O2S/c1-12(10-25-2)23-18(24)14-5-3-4-6-17(14)22-19(23)26-11-13-7-8-15(20)16(21)9-13/h3-9,12H,10-11H2,1-2H3. The second kappa shape index (κ2) is 8.44. The van der Waals surface area contributed by atoms with E-state index in [9.17, 15) is 4.79 Å². The Kier molecular flexibility index (Phi) is 6.24. The van der Waals surface area contributed by atoms with Gasteiger partial charge in [-0.2, -0.15) is 0 Å². The molecule has 0 aliphatic carbocycles. The largest absolute Gasteiger partial charge is 0.383 e. The van der Waals surface area contributed by atoms with Crippen LogP contribution in [0.25, 0.3) is 10.9 Å². The van der Waals surface area contributed by atoms with E-state index < -0.39 is 0 Å². The second-order valence-corrected chi connectivity index (χ2v) is 7.69. The number of rotatable bonds is 6. The Hall–Kier alpha value is -1.53. The topological polar surface area (TPSA) is 44.1 Å². The highest BCUT2D eigenvalue weighted by molar-refractivity contribution is 7.98. The summed E-state index contributed by atoms with van der Waals surface area (Å²) in [5, 5.41) is 2.30. The van der Waals surface area contributed by atoms with Gasteiger partial charge in [0.05, 0.1) is 33.6 Å². The van der Waals surface area contributed by atoms with Crippen LogP contribution in [0.3, 0.4) is 0 Å². The number of para-hydroxylation sites is 1. The Bertz CT molecular complexity index is 991. The van der Waals surface area contributed by atoms with Crippen LogP contribution in [0.4, 0.5) is 0 Å². The maximum Gasteiger partial charge on any atom is 0.262 e. The first-order valence-electron chi connectivity index (χ1n) is 8.08. The summed E-state index contributed by atoms with van der Waals surface area (Å²) in [5.41, 5.74) is 1.64. The molecular formula is C19H18Cl2N2O2S. The fraction of sp³-hybridized carbons (Fsp3) is 0.263. The molecule has 7 heteroatoms. The van der Waals surface area contributed by atoms with Gasteiger partial charge >= 0.3 is 0 Å². The zero-order valence-electron chi connectivity index (χ0n) is 14.4. The first-order chi connectivity index (χ1) is 12.5. The summed E-state index contributed by atoms with van der Waals surface area (Å²) in [6, 6.07) is 12.8. The molecule has 3 aromatic rings. The molecule has 1 unspecified atom stereocenters. The monoisotopic (exact) mass is 408 g/mol. The van der Waals surface area contributed by atoms with Crippen LogP contribution in [0.1, 0.15) is 18.5 Å². The van der Waals surface area contributed by atoms with Gasteiger partial charge in [-0.1, -0.05) is 53.2 Å². The van der Waals surface area contributed by atoms with Crippen LogP contribution in [0.15, 0.2) is 52.4 Å². The van der Waals surface area contributed by atoms with Gasteiger partial charge < -0.3 is 4.74 Å². The van der Waals surface area contributed by atoms with Crippen LogP contribution < -0.4 is 5.56 Å². The van der Waals surface area contributed by atoms with Crippen LogP contribution >= 0.6 is 35.0 Å². The highest BCUT2D eigenvalue weighted by Crippen LogP contribution is 2.28. The maximum absolute atomic E-state index is 13.0. The van der Waals surface area contributed by atoms with Gasteiger partial charge in [-0.15, -0.1) is 0 Å². The number of halogens is 2. The number of aromatic nitrogens is 2. The molecule has 0 aliphatic rings. The molecule has 0 bridgehead atoms. The molecule has 0 saturated heterocycles. The number of methoxy groups -OCH3 is 1. The van der Waals surface area contributed by atoms with Crippen LogP contribution in [0.2, 0.25) is 10.0 Å². The lowest BCUT2D eigenvalue weighted by molar-refractivity contribution is 0.156. The number of thioether (sulfide) groups is 1. The smallest absolute Gasteiger partial charge is 0.262 e. The van der Waals surface area contributed by atoms with E-state index in [1.54, 1.807) is 23.8 Å². The minimum atomic E-state index is -0.124. The highest BCUT2D eigenvalue weighted by atomic mass is 35.5. The van der Waals surface area contributed by atoms with Crippen molar-refractivity contribution in [2.24, 2.45) is 0 Å². The van der Waals surface area contributed by atoms with Crippen LogP contribution in [0.5, 0.6) is 0 Å². The van der Waals surface area contributed by atoms with Crippen molar-refractivity contribution in [2.45, 2.75) is 23.9 Å². The van der Waals surface area contributed by atoms with Crippen molar-refractivity contribution in [1.82, 2.24) is 9.55 Å². The molecule has 1 aromatic heterocycles. The fourth-order valence-electron chi connectivity index (χ4n) is 2.71. The maximum atomic E-state index is 13.0. The van der Waals surface area contributed by atoms with Crippen molar-refractivity contribution in [2.75, 3.05) is 13.7 Å². The molecule has 0 amide bonds. The van der Waals surface area contributed by atoms with Crippen LogP contribution in [0, 0.1) is 0 Å². The lowest BCUT2D eigenvalue weighted by Crippen LogP contribution is -2.28. The third kappa shape index (κ3) is 4.07. The summed E-state index contributed by atoms with van der Waals surface area (Å²) < 4.78 is 6.95. The highest BCUT2D eigenvalue weighted by Gasteiger charge is 2.16. The van der Waals surface area contributed by atoms with E-state index in [1.165, 1.54) is 11.8 Å². The van der Waals surface area contributed by atoms with Crippen LogP contribution in [-0.4, -0.2) is 23.3 Å². The van der Waals surface area contributed by atoms with E-state index in [1.807, 2.05) is 37.3 Å². The third-order valence-corrected chi connectivity index (χ3v) is 5.74. The Labute approximate surface area is 166 Å². The summed E-state index contributed by atoms with van der Waals surface area (Å²) >= 11 is 13.6. The van der Waals surface area contributed by atoms with Gasteiger partial charge in [0.2, 0.25) is 0 Å². The number of fused-ring (bicyclic) bond motifs is 1. The van der Waals surface area contributed by atoms with Gasteiger partial charge in [0.25, 0.3) is 5.56 Å². The van der Waals surface area contributed by atoms with Crippen molar-refractivity contribution in [3.63, 3.8) is 0 Å². The van der Waals surface area contributed by atoms with Gasteiger partial charge in [0.15, 0.2) is 5.16 Å². The summed E-state index contributed by atoms with van der Waals surface area (Å²) in [6.45, 7) is 2.38. The number of ether oxygens (including phenoxy) is 1. The molecule has 4 nitrogen and oxygen atoms in total. The molecule has 2 aromatic carbocycles. The van der Waals surface area contributed by atoms with Crippen molar-refractivity contribution in [3.8, 4) is 0 Å². The minimum absolute atomic E-state index is 0.0585. The van der Waals surface area contributed by atoms with E-state index in [0.29, 0.717) is 38.5 Å². The molecular weight excluding hydrogens is 391 g/mol. The van der Waals surface area contributed by atoms with Gasteiger partial charge in [0.1, 0.15) is 0 Å². The average Bonchev–Trinajstić information content (AvgIpc) is 2.63. The molecule has 0 radical (unpaired) electrons. The van der Waals surface area contributed by atoms with E-state index in [-0.39, 0.29) is 11.6 Å². The summed E-state index contributed by atoms with van der Waals surface area (Å²) in [7, 11) is 1.62. The summed E-state index contributed by atoms with van der Waals surface area (Å²) in [4.78, 5) is 17.7. The molecule has 1 heterocycles. The molecule has 0 fully saturated rings. The minimum Gasteiger partial charge on any atom is -0.383 e. The Morgan fingerprint density at radius 3 is 2.69 bits per heavy atom. The molecule has 1 atom stereocenters. The van der Waals surface area contributed by atoms with Gasteiger partial charge in [-0.25, -0.2) is 4.98 Å². The molecule has 136 valence electrons. The predicted octanol–water partition coefficient (Wildman–Crippen LogP) is 5.20. The molecule has 0 N–H and O–H groups in total. The Morgan fingerprint density at radius 2 is 1.96 bits per heavy atom. The van der Waals surface area contributed by atoms with Gasteiger partial charge in [-0.3, -0.25) is 9.36 Å². The average molecular weight is 409 g/mol. The number of hydrogen-bond acceptors (Lipinski definition) is 4. The molecule has 3 rings (SSSR count). The normalized spacial score (nSPS) is 12.5. The van der Waals surface area contributed by atoms with Gasteiger partial charge in [0, 0.05) is 12.9 Å². The van der Waals surface area contributed by atoms with Crippen molar-refractivity contribution >= 4 is 45.9 Å². The molecule has 0 aliphatic heterocycles. The lowest BCUT2D eigenvalue weighted by Gasteiger charge is -2.19. The van der Waals surface area contributed by atoms with Gasteiger partial charge in [-0.05, 0) is 36.8 Å². The second-order valence-electron chi connectivity index (χ2n) is 5.93. The van der Waals surface area contributed by atoms with E-state index >= 15 is 0 Å². The summed E-state index contributed by atoms with van der Waals surface area (Å²) in [6.07, 6.45) is 0. The van der Waals surface area contributed by atoms with E-state index in [0.717, 1.165) is 5.56 Å². The first-order valence-corrected chi connectivity index (χ1v) is 9.82. The fourth-order valence-corrected chi connectivity index (χ4v) is 4.07. The van der Waals surface area contributed by atoms with E-state index in [4.69, 9.17) is 32.9 Å². The molecule has 0 saturated carbocycles. The van der Waals surface area contributed by atoms with Crippen molar-refractivity contribution < 1.29 is 4.74 Å². The van der Waals surface area contributed by atoms with Crippen molar-refractivity contribution in [3.05, 3.63) is 68.4 Å². The number of nitrogens with zero attached hydrogens (tertiary/aromatic N) is 2. The zero-order chi connectivity index (χ0) is 18.7. The first kappa shape index (κ1) is 19.2. The summed E-state index contributed by atoms with van der Waals surface area (Å²) in [5.74, 6) is 0.626. The lowest BCUT2D eigenvalue weighted by atomic mass is 10.2. The zero-order valence-corrected chi connectivity index (χ0v) is 16.7. The Morgan fingerprint density at radius 1 is 1.19 bits per heavy atom. The third-order valence-electron chi connectivity index (χ3n) is 3.98. The van der Waals surface area contributed by atoms with Crippen molar-refractivity contribution in [1.29, 1.82) is 0 Å². The molecule has 26 heavy (non-hydrogen) atoms. The quantitative estimate of drug-likeness (QED) is 0.415.